The highest BCUT2D eigenvalue weighted by Crippen LogP contribution is 2.38. The first-order valence-corrected chi connectivity index (χ1v) is 10.4. The molecule has 3 heterocycles. The first kappa shape index (κ1) is 20.0. The number of carbonyl (C=O) groups is 1. The van der Waals surface area contributed by atoms with Gasteiger partial charge in [-0.25, -0.2) is 4.98 Å². The van der Waals surface area contributed by atoms with Crippen LogP contribution in [0.3, 0.4) is 0 Å². The number of aromatic hydroxyl groups is 1. The minimum Gasteiger partial charge on any atom is -0.493 e. The monoisotopic (exact) mass is 423 g/mol. The summed E-state index contributed by atoms with van der Waals surface area (Å²) in [5.41, 5.74) is 1.68. The van der Waals surface area contributed by atoms with Crippen molar-refractivity contribution in [2.75, 3.05) is 0 Å². The van der Waals surface area contributed by atoms with Gasteiger partial charge in [-0.1, -0.05) is 25.1 Å². The average molecular weight is 423 g/mol. The molecular weight excluding hydrogens is 402 g/mol. The molecule has 154 valence electrons. The van der Waals surface area contributed by atoms with E-state index < -0.39 is 5.91 Å². The molecule has 0 fully saturated rings. The van der Waals surface area contributed by atoms with Crippen molar-refractivity contribution in [3.63, 3.8) is 0 Å². The maximum absolute atomic E-state index is 12.7. The number of para-hydroxylation sites is 1. The van der Waals surface area contributed by atoms with Crippen LogP contribution in [-0.2, 0) is 17.9 Å². The molecule has 0 radical (unpaired) electrons. The summed E-state index contributed by atoms with van der Waals surface area (Å²) < 4.78 is 2.99. The van der Waals surface area contributed by atoms with Gasteiger partial charge in [0.05, 0.1) is 17.2 Å². The Bertz CT molecular complexity index is 1360. The Morgan fingerprint density at radius 3 is 2.80 bits per heavy atom. The minimum absolute atomic E-state index is 0.0285. The fourth-order valence-electron chi connectivity index (χ4n) is 3.49. The molecule has 4 aromatic rings. The van der Waals surface area contributed by atoms with Gasteiger partial charge in [-0.15, -0.1) is 21.6 Å². The summed E-state index contributed by atoms with van der Waals surface area (Å²) in [4.78, 5) is 31.1. The lowest BCUT2D eigenvalue weighted by Crippen LogP contribution is -2.23. The third-order valence-corrected chi connectivity index (χ3v) is 6.20. The van der Waals surface area contributed by atoms with Crippen LogP contribution in [0.25, 0.3) is 21.1 Å². The van der Waals surface area contributed by atoms with E-state index in [4.69, 9.17) is 0 Å². The Labute approximate surface area is 176 Å². The summed E-state index contributed by atoms with van der Waals surface area (Å²) in [6, 6.07) is 7.43. The third kappa shape index (κ3) is 3.30. The van der Waals surface area contributed by atoms with Gasteiger partial charge in [-0.3, -0.25) is 14.2 Å². The number of thiophene rings is 1. The highest BCUT2D eigenvalue weighted by Gasteiger charge is 2.17. The molecule has 0 atom stereocenters. The molecule has 1 aromatic carbocycles. The van der Waals surface area contributed by atoms with Crippen molar-refractivity contribution >= 4 is 44.1 Å². The number of amides is 1. The number of carbonyl (C=O) groups excluding carboxylic acids is 1. The molecule has 30 heavy (non-hydrogen) atoms. The fraction of sp³-hybridized carbons (Fsp3) is 0.286. The molecule has 0 aliphatic heterocycles. The number of aromatic nitrogens is 3. The number of nitrogens with zero attached hydrogens (tertiary/aromatic N) is 5. The van der Waals surface area contributed by atoms with Gasteiger partial charge < -0.3 is 9.67 Å². The number of aryl methyl sites for hydroxylation is 3. The molecule has 0 aliphatic rings. The second kappa shape index (κ2) is 7.83. The Balaban J connectivity index is 1.65. The number of hydrogen-bond donors (Lipinski definition) is 1. The zero-order valence-electron chi connectivity index (χ0n) is 16.9. The van der Waals surface area contributed by atoms with E-state index in [2.05, 4.69) is 15.2 Å². The van der Waals surface area contributed by atoms with Crippen LogP contribution < -0.4 is 5.56 Å². The number of benzene rings is 1. The molecule has 0 bridgehead atoms. The van der Waals surface area contributed by atoms with Crippen molar-refractivity contribution in [2.45, 2.75) is 40.3 Å². The summed E-state index contributed by atoms with van der Waals surface area (Å²) in [6.07, 6.45) is 2.19. The van der Waals surface area contributed by atoms with E-state index in [1.807, 2.05) is 45.0 Å². The lowest BCUT2D eigenvalue weighted by molar-refractivity contribution is -0.118. The molecule has 0 spiro atoms. The van der Waals surface area contributed by atoms with E-state index in [1.165, 1.54) is 22.2 Å². The molecule has 9 heteroatoms. The number of azo groups is 1. The predicted octanol–water partition coefficient (Wildman–Crippen LogP) is 4.46. The van der Waals surface area contributed by atoms with E-state index in [-0.39, 0.29) is 23.7 Å². The van der Waals surface area contributed by atoms with Crippen LogP contribution in [0.4, 0.5) is 5.69 Å². The minimum atomic E-state index is -0.602. The normalized spacial score (nSPS) is 11.8. The summed E-state index contributed by atoms with van der Waals surface area (Å²) in [5, 5.41) is 19.6. The lowest BCUT2D eigenvalue weighted by Gasteiger charge is -2.03. The van der Waals surface area contributed by atoms with Crippen LogP contribution in [0.2, 0.25) is 0 Å². The first-order chi connectivity index (χ1) is 14.4. The van der Waals surface area contributed by atoms with Crippen molar-refractivity contribution in [3.05, 3.63) is 51.4 Å². The molecule has 1 N–H and O–H groups in total. The first-order valence-electron chi connectivity index (χ1n) is 9.62. The number of hydrogen-bond acceptors (Lipinski definition) is 6. The van der Waals surface area contributed by atoms with Crippen molar-refractivity contribution in [2.24, 2.45) is 10.2 Å². The number of fused-ring (bicyclic) bond motifs is 2. The largest absolute Gasteiger partial charge is 0.493 e. The topological polar surface area (TPSA) is 102 Å². The van der Waals surface area contributed by atoms with Crippen molar-refractivity contribution in [3.8, 4) is 5.88 Å². The van der Waals surface area contributed by atoms with Gasteiger partial charge in [0.2, 0.25) is 5.88 Å². The van der Waals surface area contributed by atoms with Gasteiger partial charge in [0.15, 0.2) is 5.69 Å². The zero-order valence-corrected chi connectivity index (χ0v) is 17.7. The Kier molecular flexibility index (Phi) is 5.21. The van der Waals surface area contributed by atoms with E-state index in [1.54, 1.807) is 4.57 Å². The predicted molar refractivity (Wildman–Crippen MR) is 117 cm³/mol. The Morgan fingerprint density at radius 2 is 2.03 bits per heavy atom. The van der Waals surface area contributed by atoms with Crippen molar-refractivity contribution in [1.29, 1.82) is 0 Å². The van der Waals surface area contributed by atoms with Crippen LogP contribution in [0, 0.1) is 13.8 Å². The van der Waals surface area contributed by atoms with Gasteiger partial charge in [0.25, 0.3) is 11.5 Å². The van der Waals surface area contributed by atoms with Gasteiger partial charge in [-0.05, 0) is 31.9 Å². The van der Waals surface area contributed by atoms with Crippen LogP contribution in [0.15, 0.2) is 45.6 Å². The highest BCUT2D eigenvalue weighted by molar-refractivity contribution is 7.18. The average Bonchev–Trinajstić information content (AvgIpc) is 3.17. The van der Waals surface area contributed by atoms with E-state index >= 15 is 0 Å². The maximum atomic E-state index is 12.7. The molecule has 4 rings (SSSR count). The molecule has 8 nitrogen and oxygen atoms in total. The summed E-state index contributed by atoms with van der Waals surface area (Å²) in [5.74, 6) is -0.631. The maximum Gasteiger partial charge on any atom is 0.284 e. The second-order valence-electron chi connectivity index (χ2n) is 7.08. The summed E-state index contributed by atoms with van der Waals surface area (Å²) in [7, 11) is 0. The third-order valence-electron chi connectivity index (χ3n) is 5.09. The molecule has 1 amide bonds. The molecular formula is C21H21N5O3S. The van der Waals surface area contributed by atoms with E-state index in [0.717, 1.165) is 22.4 Å². The summed E-state index contributed by atoms with van der Waals surface area (Å²) in [6.45, 7) is 6.17. The fourth-order valence-corrected chi connectivity index (χ4v) is 4.47. The molecule has 0 saturated heterocycles. The highest BCUT2D eigenvalue weighted by atomic mass is 32.1. The van der Waals surface area contributed by atoms with Crippen LogP contribution in [-0.4, -0.2) is 25.1 Å². The second-order valence-corrected chi connectivity index (χ2v) is 8.28. The Morgan fingerprint density at radius 1 is 1.27 bits per heavy atom. The summed E-state index contributed by atoms with van der Waals surface area (Å²) >= 11 is 1.46. The van der Waals surface area contributed by atoms with Gasteiger partial charge in [-0.2, -0.15) is 0 Å². The van der Waals surface area contributed by atoms with Crippen molar-refractivity contribution < 1.29 is 9.90 Å². The smallest absolute Gasteiger partial charge is 0.284 e. The molecule has 0 unspecified atom stereocenters. The van der Waals surface area contributed by atoms with Crippen LogP contribution >= 0.6 is 11.3 Å². The van der Waals surface area contributed by atoms with Crippen LogP contribution in [0.1, 0.15) is 23.8 Å². The van der Waals surface area contributed by atoms with Crippen molar-refractivity contribution in [1.82, 2.24) is 14.1 Å². The van der Waals surface area contributed by atoms with E-state index in [9.17, 15) is 14.7 Å². The molecule has 0 saturated carbocycles. The van der Waals surface area contributed by atoms with E-state index in [0.29, 0.717) is 22.1 Å². The SMILES string of the molecule is CCCn1c(O)c(N=NC(=O)Cn2cnc3sc(C)c(C)c3c2=O)c2ccccc21. The van der Waals surface area contributed by atoms with Gasteiger partial charge >= 0.3 is 0 Å². The quantitative estimate of drug-likeness (QED) is 0.479. The standard InChI is InChI=1S/C21H21N5O3S/c1-4-9-26-15-8-6-5-7-14(15)18(21(26)29)24-23-16(27)10-25-11-22-19-17(20(25)28)12(2)13(3)30-19/h5-8,11,29H,4,9-10H2,1-3H3. The number of rotatable bonds is 5. The zero-order chi connectivity index (χ0) is 21.4. The lowest BCUT2D eigenvalue weighted by atomic mass is 10.2. The Hall–Kier alpha value is -3.33. The van der Waals surface area contributed by atoms with Gasteiger partial charge in [0.1, 0.15) is 11.4 Å². The molecule has 0 aliphatic carbocycles. The van der Waals surface area contributed by atoms with Gasteiger partial charge in [0, 0.05) is 16.8 Å². The molecule has 3 aromatic heterocycles. The van der Waals surface area contributed by atoms with Crippen LogP contribution in [0.5, 0.6) is 5.88 Å².